The molecule has 0 N–H and O–H groups in total. The molecule has 0 rings (SSSR count). The molecule has 9 heteroatoms. The molecule has 0 aliphatic rings. The third kappa shape index (κ3) is 90.0. The van der Waals surface area contributed by atoms with Gasteiger partial charge in [-0.3, -0.25) is 0 Å². The van der Waals surface area contributed by atoms with Gasteiger partial charge < -0.3 is 19.2 Å². The first kappa shape index (κ1) is 29.5. The molecule has 0 aliphatic heterocycles. The maximum Gasteiger partial charge on any atom is 5.00 e. The molecule has 0 unspecified atom stereocenters. The van der Waals surface area contributed by atoms with Crippen LogP contribution in [0, 0.1) is 0 Å². The molecule has 0 fully saturated rings. The summed E-state index contributed by atoms with van der Waals surface area (Å²) in [7, 11) is -5.39. The van der Waals surface area contributed by atoms with Gasteiger partial charge >= 0.3 is 96.5 Å². The summed E-state index contributed by atoms with van der Waals surface area (Å²) in [4.78, 5) is 25.6. The Balaban J connectivity index is -0.0000000133. The van der Waals surface area contributed by atoms with Crippen molar-refractivity contribution in [2.75, 3.05) is 0 Å². The Labute approximate surface area is 121 Å². The fraction of sp³-hybridized carbons (Fsp3) is 0. The molecule has 0 spiro atoms. The molecular formula is LiNa2O4PV+5. The van der Waals surface area contributed by atoms with E-state index in [2.05, 4.69) is 0 Å². The van der Waals surface area contributed by atoms with E-state index in [1.807, 2.05) is 0 Å². The third-order valence-electron chi connectivity index (χ3n) is 0. The van der Waals surface area contributed by atoms with E-state index < -0.39 is 7.82 Å². The van der Waals surface area contributed by atoms with Gasteiger partial charge in [-0.05, 0) is 0 Å². The predicted octanol–water partition coefficient (Wildman–Crippen LogP) is -11.8. The largest absolute Gasteiger partial charge is 5.00 e. The van der Waals surface area contributed by atoms with Crippen LogP contribution < -0.4 is 92.7 Å². The molecule has 0 bridgehead atoms. The monoisotopic (exact) mass is 199 g/mol. The van der Waals surface area contributed by atoms with E-state index in [4.69, 9.17) is 19.2 Å². The maximum atomic E-state index is 8.55. The minimum atomic E-state index is -5.39. The van der Waals surface area contributed by atoms with Gasteiger partial charge in [-0.25, -0.2) is 0 Å². The van der Waals surface area contributed by atoms with E-state index in [1.165, 1.54) is 0 Å². The van der Waals surface area contributed by atoms with Gasteiger partial charge in [0, 0.05) is 0 Å². The van der Waals surface area contributed by atoms with Gasteiger partial charge in [-0.15, -0.1) is 0 Å². The van der Waals surface area contributed by atoms with Crippen molar-refractivity contribution < 1.29 is 116 Å². The van der Waals surface area contributed by atoms with Crippen LogP contribution in [0.5, 0.6) is 0 Å². The molecule has 0 heterocycles. The Hall–Kier alpha value is 3.29. The first-order valence-electron chi connectivity index (χ1n) is 0.730. The molecule has 0 saturated heterocycles. The number of hydrogen-bond acceptors (Lipinski definition) is 4. The Bertz CT molecular complexity index is 64.7. The first-order valence-corrected chi connectivity index (χ1v) is 2.19. The molecular weight excluding hydrogens is 199 g/mol. The quantitative estimate of drug-likeness (QED) is 0.286. The van der Waals surface area contributed by atoms with Crippen molar-refractivity contribution >= 4 is 7.82 Å². The van der Waals surface area contributed by atoms with Crippen molar-refractivity contribution in [1.82, 2.24) is 0 Å². The normalized spacial score (nSPS) is 6.56. The van der Waals surface area contributed by atoms with Crippen LogP contribution in [0.25, 0.3) is 0 Å². The standard InChI is InChI=1S/Li.2Na.H3O4P.V/c;;;1-5(2,3)4;/h;;;(H3,1,2,3,4);/q3*+1;;+5/p-3. The second kappa shape index (κ2) is 13.9. The zero-order valence-electron chi connectivity index (χ0n) is 5.53. The van der Waals surface area contributed by atoms with E-state index in [-0.39, 0.29) is 96.5 Å². The Morgan fingerprint density at radius 2 is 1.00 bits per heavy atom. The van der Waals surface area contributed by atoms with E-state index in [9.17, 15) is 0 Å². The van der Waals surface area contributed by atoms with Crippen molar-refractivity contribution in [3.63, 3.8) is 0 Å². The molecule has 32 valence electrons. The zero-order chi connectivity index (χ0) is 4.50. The van der Waals surface area contributed by atoms with Crippen LogP contribution in [0.15, 0.2) is 0 Å². The molecule has 0 amide bonds. The Morgan fingerprint density at radius 1 is 1.00 bits per heavy atom. The van der Waals surface area contributed by atoms with Crippen molar-refractivity contribution in [2.45, 2.75) is 0 Å². The zero-order valence-corrected chi connectivity index (χ0v) is 11.8. The fourth-order valence-electron chi connectivity index (χ4n) is 0. The van der Waals surface area contributed by atoms with E-state index in [1.54, 1.807) is 0 Å². The number of phosphoric acid groups is 1. The topological polar surface area (TPSA) is 86.2 Å². The predicted molar refractivity (Wildman–Crippen MR) is 7.61 cm³/mol. The van der Waals surface area contributed by atoms with Gasteiger partial charge in [0.25, 0.3) is 0 Å². The number of hydrogen-bond donors (Lipinski definition) is 0. The van der Waals surface area contributed by atoms with Crippen molar-refractivity contribution in [3.05, 3.63) is 0 Å². The molecule has 0 saturated carbocycles. The average Bonchev–Trinajstić information content (AvgIpc) is 0.722. The van der Waals surface area contributed by atoms with Crippen LogP contribution in [0.1, 0.15) is 0 Å². The second-order valence-electron chi connectivity index (χ2n) is 0.447. The summed E-state index contributed by atoms with van der Waals surface area (Å²) in [6.07, 6.45) is 0. The molecule has 0 aliphatic carbocycles. The molecule has 0 aromatic heterocycles. The summed E-state index contributed by atoms with van der Waals surface area (Å²) < 4.78 is 8.55. The summed E-state index contributed by atoms with van der Waals surface area (Å²) in [5.74, 6) is 0. The van der Waals surface area contributed by atoms with Crippen molar-refractivity contribution in [1.29, 1.82) is 0 Å². The van der Waals surface area contributed by atoms with E-state index in [0.29, 0.717) is 0 Å². The van der Waals surface area contributed by atoms with Gasteiger partial charge in [0.15, 0.2) is 0 Å². The maximum absolute atomic E-state index is 8.55. The van der Waals surface area contributed by atoms with Crippen LogP contribution in [0.3, 0.4) is 0 Å². The average molecular weight is 199 g/mol. The van der Waals surface area contributed by atoms with Crippen LogP contribution in [-0.4, -0.2) is 0 Å². The summed E-state index contributed by atoms with van der Waals surface area (Å²) in [6, 6.07) is 0. The van der Waals surface area contributed by atoms with Crippen molar-refractivity contribution in [3.8, 4) is 0 Å². The van der Waals surface area contributed by atoms with E-state index >= 15 is 0 Å². The van der Waals surface area contributed by atoms with Gasteiger partial charge in [-0.1, -0.05) is 0 Å². The van der Waals surface area contributed by atoms with Crippen LogP contribution in [0.2, 0.25) is 0 Å². The van der Waals surface area contributed by atoms with Crippen LogP contribution in [0.4, 0.5) is 0 Å². The third-order valence-corrected chi connectivity index (χ3v) is 0. The summed E-state index contributed by atoms with van der Waals surface area (Å²) >= 11 is 0. The minimum absolute atomic E-state index is 0. The van der Waals surface area contributed by atoms with Gasteiger partial charge in [0.1, 0.15) is 0 Å². The number of rotatable bonds is 0. The molecule has 0 aromatic carbocycles. The molecule has 4 nitrogen and oxygen atoms in total. The SMILES string of the molecule is O=P([O-])([O-])[O-].[Li+].[Na+].[Na+].[V+5]. The molecule has 0 atom stereocenters. The first-order chi connectivity index (χ1) is 2.00. The second-order valence-corrected chi connectivity index (χ2v) is 1.34. The summed E-state index contributed by atoms with van der Waals surface area (Å²) in [5.41, 5.74) is 0. The summed E-state index contributed by atoms with van der Waals surface area (Å²) in [6.45, 7) is 0. The smallest absolute Gasteiger partial charge is 0.822 e. The van der Waals surface area contributed by atoms with Gasteiger partial charge in [0.05, 0.1) is 0 Å². The fourth-order valence-corrected chi connectivity index (χ4v) is 0. The van der Waals surface area contributed by atoms with Gasteiger partial charge in [-0.2, -0.15) is 7.82 Å². The van der Waals surface area contributed by atoms with Gasteiger partial charge in [0.2, 0.25) is 0 Å². The summed E-state index contributed by atoms with van der Waals surface area (Å²) in [5, 5.41) is 0. The minimum Gasteiger partial charge on any atom is -0.822 e. The molecule has 0 aromatic rings. The van der Waals surface area contributed by atoms with E-state index in [0.717, 1.165) is 0 Å². The Kier molecular flexibility index (Phi) is 45.4. The van der Waals surface area contributed by atoms with Crippen LogP contribution >= 0.6 is 7.82 Å². The van der Waals surface area contributed by atoms with Crippen LogP contribution in [-0.2, 0) is 23.1 Å². The van der Waals surface area contributed by atoms with Crippen molar-refractivity contribution in [2.24, 2.45) is 0 Å². The Morgan fingerprint density at radius 3 is 1.00 bits per heavy atom. The molecule has 9 heavy (non-hydrogen) atoms. The molecule has 0 radical (unpaired) electrons.